The highest BCUT2D eigenvalue weighted by molar-refractivity contribution is 5.75. The molecule has 0 amide bonds. The zero-order chi connectivity index (χ0) is 10.6. The van der Waals surface area contributed by atoms with Crippen LogP contribution in [0.5, 0.6) is 0 Å². The second-order valence-electron chi connectivity index (χ2n) is 3.56. The van der Waals surface area contributed by atoms with Gasteiger partial charge < -0.3 is 9.32 Å². The van der Waals surface area contributed by atoms with Gasteiger partial charge in [-0.15, -0.1) is 0 Å². The molecule has 0 fully saturated rings. The zero-order valence-electron chi connectivity index (χ0n) is 8.91. The van der Waals surface area contributed by atoms with Crippen LogP contribution in [0.1, 0.15) is 51.2 Å². The van der Waals surface area contributed by atoms with Crippen molar-refractivity contribution in [2.45, 2.75) is 46.0 Å². The summed E-state index contributed by atoms with van der Waals surface area (Å²) in [6.07, 6.45) is 2.02. The molecule has 0 saturated heterocycles. The van der Waals surface area contributed by atoms with Crippen molar-refractivity contribution >= 4 is 5.78 Å². The molecule has 0 aliphatic carbocycles. The van der Waals surface area contributed by atoms with Gasteiger partial charge >= 0.3 is 0 Å². The van der Waals surface area contributed by atoms with Crippen LogP contribution < -0.4 is 0 Å². The van der Waals surface area contributed by atoms with Crippen molar-refractivity contribution in [3.05, 3.63) is 11.7 Å². The highest BCUT2D eigenvalue weighted by atomic mass is 16.5. The number of nitrogens with zero attached hydrogens (tertiary/aromatic N) is 2. The Morgan fingerprint density at radius 2 is 2.29 bits per heavy atom. The van der Waals surface area contributed by atoms with Crippen molar-refractivity contribution in [2.75, 3.05) is 0 Å². The van der Waals surface area contributed by atoms with Gasteiger partial charge in [0, 0.05) is 18.8 Å². The largest absolute Gasteiger partial charge is 0.339 e. The molecule has 0 spiro atoms. The van der Waals surface area contributed by atoms with Crippen LogP contribution in [0, 0.1) is 0 Å². The third-order valence-corrected chi connectivity index (χ3v) is 2.23. The molecular weight excluding hydrogens is 180 g/mol. The van der Waals surface area contributed by atoms with Crippen molar-refractivity contribution in [1.29, 1.82) is 0 Å². The number of aryl methyl sites for hydroxylation is 1. The standard InChI is InChI=1S/C10H16N2O2/c1-4-7(2)10-11-9(14-12-10)6-5-8(3)13/h7H,4-6H2,1-3H3. The van der Waals surface area contributed by atoms with E-state index < -0.39 is 0 Å². The van der Waals surface area contributed by atoms with Gasteiger partial charge in [-0.2, -0.15) is 4.98 Å². The molecule has 1 atom stereocenters. The molecule has 1 aromatic heterocycles. The predicted molar refractivity (Wildman–Crippen MR) is 52.0 cm³/mol. The highest BCUT2D eigenvalue weighted by Crippen LogP contribution is 2.15. The van der Waals surface area contributed by atoms with Crippen LogP contribution in [0.2, 0.25) is 0 Å². The molecule has 0 N–H and O–H groups in total. The van der Waals surface area contributed by atoms with Gasteiger partial charge in [0.05, 0.1) is 0 Å². The Bertz CT molecular complexity index is 307. The van der Waals surface area contributed by atoms with Crippen LogP contribution in [0.3, 0.4) is 0 Å². The second-order valence-corrected chi connectivity index (χ2v) is 3.56. The number of ketones is 1. The van der Waals surface area contributed by atoms with Gasteiger partial charge in [0.15, 0.2) is 5.82 Å². The summed E-state index contributed by atoms with van der Waals surface area (Å²) in [6.45, 7) is 5.70. The average Bonchev–Trinajstić information content (AvgIpc) is 2.62. The molecule has 78 valence electrons. The zero-order valence-corrected chi connectivity index (χ0v) is 8.91. The first-order valence-corrected chi connectivity index (χ1v) is 4.95. The van der Waals surface area contributed by atoms with E-state index in [0.717, 1.165) is 12.2 Å². The lowest BCUT2D eigenvalue weighted by Crippen LogP contribution is -1.96. The Morgan fingerprint density at radius 3 is 2.86 bits per heavy atom. The summed E-state index contributed by atoms with van der Waals surface area (Å²) in [6, 6.07) is 0. The van der Waals surface area contributed by atoms with Crippen molar-refractivity contribution in [1.82, 2.24) is 10.1 Å². The molecule has 0 saturated carbocycles. The molecule has 14 heavy (non-hydrogen) atoms. The number of hydrogen-bond acceptors (Lipinski definition) is 4. The number of aromatic nitrogens is 2. The number of rotatable bonds is 5. The van der Waals surface area contributed by atoms with Crippen LogP contribution in [-0.4, -0.2) is 15.9 Å². The van der Waals surface area contributed by atoms with Gasteiger partial charge in [0.2, 0.25) is 5.89 Å². The minimum Gasteiger partial charge on any atom is -0.339 e. The number of hydrogen-bond donors (Lipinski definition) is 0. The summed E-state index contributed by atoms with van der Waals surface area (Å²) in [7, 11) is 0. The van der Waals surface area contributed by atoms with E-state index in [2.05, 4.69) is 24.0 Å². The van der Waals surface area contributed by atoms with Gasteiger partial charge in [0.25, 0.3) is 0 Å². The minimum absolute atomic E-state index is 0.147. The predicted octanol–water partition coefficient (Wildman–Crippen LogP) is 2.10. The first-order chi connectivity index (χ1) is 6.63. The van der Waals surface area contributed by atoms with Crippen molar-refractivity contribution in [3.8, 4) is 0 Å². The van der Waals surface area contributed by atoms with Crippen LogP contribution >= 0.6 is 0 Å². The summed E-state index contributed by atoms with van der Waals surface area (Å²) in [5.74, 6) is 1.78. The molecule has 4 nitrogen and oxygen atoms in total. The normalized spacial score (nSPS) is 12.8. The quantitative estimate of drug-likeness (QED) is 0.723. The fourth-order valence-corrected chi connectivity index (χ4v) is 1.04. The molecule has 0 aliphatic rings. The Hall–Kier alpha value is -1.19. The molecule has 0 aromatic carbocycles. The Kier molecular flexibility index (Phi) is 3.80. The van der Waals surface area contributed by atoms with E-state index in [1.54, 1.807) is 6.92 Å². The Labute approximate surface area is 83.7 Å². The van der Waals surface area contributed by atoms with E-state index in [9.17, 15) is 4.79 Å². The van der Waals surface area contributed by atoms with E-state index in [1.807, 2.05) is 0 Å². The van der Waals surface area contributed by atoms with Gasteiger partial charge in [-0.25, -0.2) is 0 Å². The fourth-order valence-electron chi connectivity index (χ4n) is 1.04. The smallest absolute Gasteiger partial charge is 0.227 e. The van der Waals surface area contributed by atoms with Gasteiger partial charge in [0.1, 0.15) is 5.78 Å². The van der Waals surface area contributed by atoms with Crippen LogP contribution in [0.15, 0.2) is 4.52 Å². The molecule has 1 aromatic rings. The lowest BCUT2D eigenvalue weighted by molar-refractivity contribution is -0.117. The maximum absolute atomic E-state index is 10.7. The summed E-state index contributed by atoms with van der Waals surface area (Å²) in [5, 5.41) is 3.87. The Balaban J connectivity index is 2.54. The molecule has 4 heteroatoms. The van der Waals surface area contributed by atoms with Crippen LogP contribution in [0.25, 0.3) is 0 Å². The average molecular weight is 196 g/mol. The highest BCUT2D eigenvalue weighted by Gasteiger charge is 2.11. The molecule has 1 unspecified atom stereocenters. The Morgan fingerprint density at radius 1 is 1.57 bits per heavy atom. The molecule has 1 heterocycles. The summed E-state index contributed by atoms with van der Waals surface area (Å²) in [4.78, 5) is 14.9. The van der Waals surface area contributed by atoms with Crippen molar-refractivity contribution < 1.29 is 9.32 Å². The molecular formula is C10H16N2O2. The van der Waals surface area contributed by atoms with E-state index in [1.165, 1.54) is 0 Å². The number of carbonyl (C=O) groups excluding carboxylic acids is 1. The number of Topliss-reactive ketones (excluding diaryl/α,β-unsaturated/α-hetero) is 1. The van der Waals surface area contributed by atoms with Crippen LogP contribution in [-0.2, 0) is 11.2 Å². The van der Waals surface area contributed by atoms with E-state index in [-0.39, 0.29) is 5.78 Å². The maximum atomic E-state index is 10.7. The first-order valence-electron chi connectivity index (χ1n) is 4.95. The third-order valence-electron chi connectivity index (χ3n) is 2.23. The van der Waals surface area contributed by atoms with E-state index >= 15 is 0 Å². The summed E-state index contributed by atoms with van der Waals surface area (Å²) in [5.41, 5.74) is 0. The number of carbonyl (C=O) groups is 1. The van der Waals surface area contributed by atoms with E-state index in [0.29, 0.717) is 24.7 Å². The monoisotopic (exact) mass is 196 g/mol. The van der Waals surface area contributed by atoms with Crippen molar-refractivity contribution in [3.63, 3.8) is 0 Å². The second kappa shape index (κ2) is 4.88. The lowest BCUT2D eigenvalue weighted by atomic mass is 10.1. The van der Waals surface area contributed by atoms with E-state index in [4.69, 9.17) is 4.52 Å². The summed E-state index contributed by atoms with van der Waals surface area (Å²) < 4.78 is 5.02. The van der Waals surface area contributed by atoms with Crippen LogP contribution in [0.4, 0.5) is 0 Å². The lowest BCUT2D eigenvalue weighted by Gasteiger charge is -1.98. The molecule has 0 radical (unpaired) electrons. The maximum Gasteiger partial charge on any atom is 0.227 e. The molecule has 1 rings (SSSR count). The van der Waals surface area contributed by atoms with Gasteiger partial charge in [-0.3, -0.25) is 0 Å². The SMILES string of the molecule is CCC(C)c1noc(CCC(C)=O)n1. The van der Waals surface area contributed by atoms with Gasteiger partial charge in [-0.1, -0.05) is 19.0 Å². The summed E-state index contributed by atoms with van der Waals surface area (Å²) >= 11 is 0. The van der Waals surface area contributed by atoms with Crippen molar-refractivity contribution in [2.24, 2.45) is 0 Å². The molecule has 0 aliphatic heterocycles. The molecule has 0 bridgehead atoms. The first kappa shape index (κ1) is 10.9. The van der Waals surface area contributed by atoms with Gasteiger partial charge in [-0.05, 0) is 13.3 Å². The minimum atomic E-state index is 0.147. The third kappa shape index (κ3) is 2.94. The fraction of sp³-hybridized carbons (Fsp3) is 0.700. The topological polar surface area (TPSA) is 56.0 Å².